The fraction of sp³-hybridized carbons (Fsp3) is 0.381. The van der Waals surface area contributed by atoms with Gasteiger partial charge in [0.2, 0.25) is 10.0 Å². The van der Waals surface area contributed by atoms with Crippen molar-refractivity contribution in [3.8, 4) is 0 Å². The number of rotatable bonds is 10. The fourth-order valence-electron chi connectivity index (χ4n) is 3.47. The molecule has 2 N–H and O–H groups in total. The molecule has 32 heavy (non-hydrogen) atoms. The third-order valence-electron chi connectivity index (χ3n) is 5.17. The molecule has 2 aromatic carbocycles. The molecule has 3 rings (SSSR count). The number of sulfonamides is 1. The zero-order valence-corrected chi connectivity index (χ0v) is 18.6. The van der Waals surface area contributed by atoms with Gasteiger partial charge < -0.3 is 15.0 Å². The van der Waals surface area contributed by atoms with Crippen LogP contribution in [0.1, 0.15) is 28.8 Å². The zero-order valence-electron chi connectivity index (χ0n) is 17.7. The lowest BCUT2D eigenvalue weighted by molar-refractivity contribution is -0.384. The first kappa shape index (κ1) is 23.6. The van der Waals surface area contributed by atoms with Crippen LogP contribution in [0.3, 0.4) is 0 Å². The van der Waals surface area contributed by atoms with Crippen molar-refractivity contribution in [2.45, 2.75) is 24.3 Å². The summed E-state index contributed by atoms with van der Waals surface area (Å²) in [5.74, 6) is -0.445. The average Bonchev–Trinajstić information content (AvgIpc) is 3.32. The van der Waals surface area contributed by atoms with E-state index >= 15 is 0 Å². The Morgan fingerprint density at radius 3 is 2.47 bits per heavy atom. The van der Waals surface area contributed by atoms with Gasteiger partial charge in [-0.2, -0.15) is 0 Å². The number of ether oxygens (including phenoxy) is 1. The van der Waals surface area contributed by atoms with Gasteiger partial charge in [-0.15, -0.1) is 0 Å². The monoisotopic (exact) mass is 462 g/mol. The molecule has 0 bridgehead atoms. The van der Waals surface area contributed by atoms with E-state index in [-0.39, 0.29) is 35.8 Å². The van der Waals surface area contributed by atoms with Crippen molar-refractivity contribution in [2.75, 3.05) is 38.3 Å². The molecular weight excluding hydrogens is 436 g/mol. The first-order valence-corrected chi connectivity index (χ1v) is 11.7. The molecule has 1 heterocycles. The summed E-state index contributed by atoms with van der Waals surface area (Å²) in [6.07, 6.45) is 1.98. The number of anilines is 1. The first-order chi connectivity index (χ1) is 15.3. The molecular formula is C21H26N4O6S. The molecule has 1 amide bonds. The Balaban J connectivity index is 1.64. The Labute approximate surface area is 186 Å². The number of carbonyl (C=O) groups is 1. The Morgan fingerprint density at radius 2 is 1.84 bits per heavy atom. The maximum Gasteiger partial charge on any atom is 0.293 e. The molecule has 0 aromatic heterocycles. The third kappa shape index (κ3) is 5.81. The molecule has 0 aliphatic carbocycles. The van der Waals surface area contributed by atoms with Gasteiger partial charge in [-0.05, 0) is 42.7 Å². The summed E-state index contributed by atoms with van der Waals surface area (Å²) in [5.41, 5.74) is 1.33. The summed E-state index contributed by atoms with van der Waals surface area (Å²) >= 11 is 0. The predicted octanol–water partition coefficient (Wildman–Crippen LogP) is 2.05. The van der Waals surface area contributed by atoms with Crippen LogP contribution >= 0.6 is 0 Å². The van der Waals surface area contributed by atoms with Gasteiger partial charge in [-0.3, -0.25) is 14.9 Å². The second-order valence-corrected chi connectivity index (χ2v) is 9.14. The molecule has 11 heteroatoms. The van der Waals surface area contributed by atoms with Gasteiger partial charge in [-0.1, -0.05) is 12.1 Å². The third-order valence-corrected chi connectivity index (χ3v) is 6.64. The minimum atomic E-state index is -3.63. The van der Waals surface area contributed by atoms with Gasteiger partial charge in [0.15, 0.2) is 0 Å². The minimum absolute atomic E-state index is 0.0879. The molecule has 0 spiro atoms. The summed E-state index contributed by atoms with van der Waals surface area (Å²) in [6.45, 7) is 2.11. The predicted molar refractivity (Wildman–Crippen MR) is 119 cm³/mol. The number of benzene rings is 2. The van der Waals surface area contributed by atoms with Crippen molar-refractivity contribution < 1.29 is 22.9 Å². The summed E-state index contributed by atoms with van der Waals surface area (Å²) < 4.78 is 31.6. The van der Waals surface area contributed by atoms with E-state index in [1.807, 2.05) is 4.90 Å². The number of nitro groups is 1. The van der Waals surface area contributed by atoms with Gasteiger partial charge in [-0.25, -0.2) is 13.1 Å². The largest absolute Gasteiger partial charge is 0.383 e. The molecule has 0 saturated carbocycles. The van der Waals surface area contributed by atoms with Gasteiger partial charge in [0.25, 0.3) is 11.6 Å². The fourth-order valence-corrected chi connectivity index (χ4v) is 4.48. The lowest BCUT2D eigenvalue weighted by Gasteiger charge is -2.17. The van der Waals surface area contributed by atoms with Crippen LogP contribution in [0.2, 0.25) is 0 Å². The van der Waals surface area contributed by atoms with Crippen molar-refractivity contribution in [3.05, 3.63) is 63.7 Å². The molecule has 1 aliphatic rings. The van der Waals surface area contributed by atoms with Crippen LogP contribution in [0.15, 0.2) is 47.4 Å². The van der Waals surface area contributed by atoms with E-state index in [2.05, 4.69) is 10.0 Å². The SMILES string of the molecule is COCCNS(=O)(=O)c1ccc(CNC(=O)c2ccc(N3CCCC3)c([N+](=O)[O-])c2)cc1. The van der Waals surface area contributed by atoms with E-state index in [0.29, 0.717) is 11.3 Å². The van der Waals surface area contributed by atoms with E-state index in [1.165, 1.54) is 25.3 Å². The van der Waals surface area contributed by atoms with Crippen LogP contribution in [-0.4, -0.2) is 52.6 Å². The Hall–Kier alpha value is -3.02. The molecule has 2 aromatic rings. The average molecular weight is 463 g/mol. The van der Waals surface area contributed by atoms with E-state index < -0.39 is 20.9 Å². The van der Waals surface area contributed by atoms with Crippen LogP contribution < -0.4 is 14.9 Å². The number of hydrogen-bond donors (Lipinski definition) is 2. The summed E-state index contributed by atoms with van der Waals surface area (Å²) in [5, 5.41) is 14.2. The molecule has 1 aliphatic heterocycles. The maximum atomic E-state index is 12.5. The van der Waals surface area contributed by atoms with E-state index in [4.69, 9.17) is 4.74 Å². The Morgan fingerprint density at radius 1 is 1.16 bits per heavy atom. The molecule has 0 atom stereocenters. The summed E-state index contributed by atoms with van der Waals surface area (Å²) in [6, 6.07) is 10.6. The second-order valence-electron chi connectivity index (χ2n) is 7.37. The first-order valence-electron chi connectivity index (χ1n) is 10.2. The van der Waals surface area contributed by atoms with E-state index in [0.717, 1.165) is 25.9 Å². The highest BCUT2D eigenvalue weighted by Crippen LogP contribution is 2.31. The van der Waals surface area contributed by atoms with Crippen molar-refractivity contribution in [2.24, 2.45) is 0 Å². The number of nitrogens with one attached hydrogen (secondary N) is 2. The van der Waals surface area contributed by atoms with E-state index in [9.17, 15) is 23.3 Å². The number of methoxy groups -OCH3 is 1. The van der Waals surface area contributed by atoms with Crippen LogP contribution in [0.4, 0.5) is 11.4 Å². The molecule has 10 nitrogen and oxygen atoms in total. The van der Waals surface area contributed by atoms with Crippen molar-refractivity contribution in [3.63, 3.8) is 0 Å². The van der Waals surface area contributed by atoms with E-state index in [1.54, 1.807) is 24.3 Å². The lowest BCUT2D eigenvalue weighted by Crippen LogP contribution is -2.27. The van der Waals surface area contributed by atoms with Gasteiger partial charge in [0, 0.05) is 44.9 Å². The maximum absolute atomic E-state index is 12.5. The van der Waals surface area contributed by atoms with Gasteiger partial charge >= 0.3 is 0 Å². The van der Waals surface area contributed by atoms with Crippen LogP contribution in [0, 0.1) is 10.1 Å². The normalized spacial score (nSPS) is 13.8. The molecule has 0 radical (unpaired) electrons. The summed E-state index contributed by atoms with van der Waals surface area (Å²) in [4.78, 5) is 25.6. The zero-order chi connectivity index (χ0) is 23.1. The number of amides is 1. The number of hydrogen-bond acceptors (Lipinski definition) is 7. The topological polar surface area (TPSA) is 131 Å². The molecule has 172 valence electrons. The van der Waals surface area contributed by atoms with Gasteiger partial charge in [0.1, 0.15) is 5.69 Å². The van der Waals surface area contributed by atoms with Crippen molar-refractivity contribution in [1.82, 2.24) is 10.0 Å². The Bertz CT molecular complexity index is 1070. The highest BCUT2D eigenvalue weighted by molar-refractivity contribution is 7.89. The second kappa shape index (κ2) is 10.5. The highest BCUT2D eigenvalue weighted by atomic mass is 32.2. The number of nitro benzene ring substituents is 1. The van der Waals surface area contributed by atoms with Crippen molar-refractivity contribution in [1.29, 1.82) is 0 Å². The molecule has 1 fully saturated rings. The number of carbonyl (C=O) groups excluding carboxylic acids is 1. The van der Waals surface area contributed by atoms with Crippen LogP contribution in [0.5, 0.6) is 0 Å². The van der Waals surface area contributed by atoms with Gasteiger partial charge in [0.05, 0.1) is 16.4 Å². The smallest absolute Gasteiger partial charge is 0.293 e. The minimum Gasteiger partial charge on any atom is -0.383 e. The lowest BCUT2D eigenvalue weighted by atomic mass is 10.1. The van der Waals surface area contributed by atoms with Crippen LogP contribution in [0.25, 0.3) is 0 Å². The summed E-state index contributed by atoms with van der Waals surface area (Å²) in [7, 11) is -2.15. The Kier molecular flexibility index (Phi) is 7.78. The molecule has 0 unspecified atom stereocenters. The molecule has 1 saturated heterocycles. The number of nitrogens with zero attached hydrogens (tertiary/aromatic N) is 2. The van der Waals surface area contributed by atoms with Crippen LogP contribution in [-0.2, 0) is 21.3 Å². The highest BCUT2D eigenvalue weighted by Gasteiger charge is 2.23. The van der Waals surface area contributed by atoms with Crippen molar-refractivity contribution >= 4 is 27.3 Å². The quantitative estimate of drug-likeness (QED) is 0.314. The standard InChI is InChI=1S/C21H26N4O6S/c1-31-13-10-23-32(29,30)18-7-4-16(5-8-18)15-22-21(26)17-6-9-19(20(14-17)25(27)28)24-11-2-3-12-24/h4-9,14,23H,2-3,10-13,15H2,1H3,(H,22,26).